The smallest absolute Gasteiger partial charge is 0.388 e. The number of hydrogen-bond donors (Lipinski definition) is 1. The molecule has 1 N–H and O–H groups in total. The summed E-state index contributed by atoms with van der Waals surface area (Å²) in [5.74, 6) is 0.633. The number of aromatic nitrogens is 5. The first-order chi connectivity index (χ1) is 15.5. The van der Waals surface area contributed by atoms with Crippen molar-refractivity contribution in [3.8, 4) is 22.8 Å². The molecule has 1 aliphatic heterocycles. The van der Waals surface area contributed by atoms with E-state index < -0.39 is 6.61 Å². The first-order valence-electron chi connectivity index (χ1n) is 9.78. The second kappa shape index (κ2) is 7.98. The number of alkyl halides is 2. The van der Waals surface area contributed by atoms with Gasteiger partial charge in [-0.05, 0) is 24.6 Å². The Morgan fingerprint density at radius 1 is 1.22 bits per heavy atom. The molecule has 0 saturated heterocycles. The highest BCUT2D eigenvalue weighted by Gasteiger charge is 2.20. The standard InChI is InChI=1S/C21H17F3N6O2/c1-11-6-18(32-20(23)24)25-7-13(11)15-9-27-21(30-10-28-29-19(15)30)26-8-14-12-4-5-31-17(12)3-2-16(14)22/h2-3,6-7,9-10,20H,4-5,8H2,1H3,(H,26,27). The molecule has 0 atom stereocenters. The van der Waals surface area contributed by atoms with Crippen LogP contribution in [0.3, 0.4) is 0 Å². The lowest BCUT2D eigenvalue weighted by molar-refractivity contribution is -0.0528. The van der Waals surface area contributed by atoms with Gasteiger partial charge in [0.15, 0.2) is 5.65 Å². The van der Waals surface area contributed by atoms with E-state index in [0.29, 0.717) is 52.6 Å². The normalized spacial score (nSPS) is 12.8. The topological polar surface area (TPSA) is 86.5 Å². The Morgan fingerprint density at radius 3 is 2.88 bits per heavy atom. The van der Waals surface area contributed by atoms with Gasteiger partial charge in [0, 0.05) is 53.7 Å². The highest BCUT2D eigenvalue weighted by molar-refractivity contribution is 5.79. The van der Waals surface area contributed by atoms with Crippen LogP contribution in [0.15, 0.2) is 36.9 Å². The monoisotopic (exact) mass is 442 g/mol. The zero-order valence-corrected chi connectivity index (χ0v) is 16.8. The number of benzene rings is 1. The van der Waals surface area contributed by atoms with Crippen molar-refractivity contribution in [2.45, 2.75) is 26.5 Å². The van der Waals surface area contributed by atoms with Gasteiger partial charge in [0.05, 0.1) is 6.61 Å². The number of pyridine rings is 1. The largest absolute Gasteiger partial charge is 0.493 e. The third-order valence-electron chi connectivity index (χ3n) is 5.28. The van der Waals surface area contributed by atoms with Gasteiger partial charge in [-0.25, -0.2) is 14.4 Å². The fourth-order valence-electron chi connectivity index (χ4n) is 3.78. The molecule has 0 radical (unpaired) electrons. The van der Waals surface area contributed by atoms with Crippen LogP contribution in [0.2, 0.25) is 0 Å². The van der Waals surface area contributed by atoms with Crippen molar-refractivity contribution in [3.05, 3.63) is 59.4 Å². The van der Waals surface area contributed by atoms with Crippen LogP contribution in [0.25, 0.3) is 16.8 Å². The first kappa shape index (κ1) is 20.0. The molecule has 0 spiro atoms. The molecule has 4 aromatic rings. The summed E-state index contributed by atoms with van der Waals surface area (Å²) >= 11 is 0. The number of nitrogens with zero attached hydrogens (tertiary/aromatic N) is 5. The SMILES string of the molecule is Cc1cc(OC(F)F)ncc1-c1cnc(NCc2c(F)ccc3c2CCO3)n2cnnc12. The molecule has 5 rings (SSSR count). The number of rotatable bonds is 6. The molecule has 4 heterocycles. The first-order valence-corrected chi connectivity index (χ1v) is 9.78. The van der Waals surface area contributed by atoms with Crippen molar-refractivity contribution in [1.82, 2.24) is 24.6 Å². The van der Waals surface area contributed by atoms with Crippen molar-refractivity contribution >= 4 is 11.6 Å². The predicted octanol–water partition coefficient (Wildman–Crippen LogP) is 3.78. The fraction of sp³-hybridized carbons (Fsp3) is 0.238. The van der Waals surface area contributed by atoms with Crippen molar-refractivity contribution in [2.24, 2.45) is 0 Å². The maximum absolute atomic E-state index is 14.4. The third-order valence-corrected chi connectivity index (χ3v) is 5.28. The highest BCUT2D eigenvalue weighted by atomic mass is 19.3. The molecule has 0 aliphatic carbocycles. The molecule has 0 bridgehead atoms. The Balaban J connectivity index is 1.46. The van der Waals surface area contributed by atoms with E-state index in [9.17, 15) is 13.2 Å². The van der Waals surface area contributed by atoms with Gasteiger partial charge >= 0.3 is 6.61 Å². The average molecular weight is 442 g/mol. The van der Waals surface area contributed by atoms with Gasteiger partial charge in [-0.15, -0.1) is 10.2 Å². The minimum Gasteiger partial charge on any atom is -0.493 e. The van der Waals surface area contributed by atoms with Gasteiger partial charge in [-0.3, -0.25) is 4.40 Å². The Morgan fingerprint density at radius 2 is 2.06 bits per heavy atom. The number of hydrogen-bond acceptors (Lipinski definition) is 7. The number of nitrogens with one attached hydrogen (secondary N) is 1. The summed E-state index contributed by atoms with van der Waals surface area (Å²) in [7, 11) is 0. The van der Waals surface area contributed by atoms with Gasteiger partial charge in [-0.2, -0.15) is 8.78 Å². The summed E-state index contributed by atoms with van der Waals surface area (Å²) in [6, 6.07) is 4.45. The molecule has 0 unspecified atom stereocenters. The van der Waals surface area contributed by atoms with E-state index >= 15 is 0 Å². The Bertz CT molecular complexity index is 1310. The maximum Gasteiger partial charge on any atom is 0.388 e. The lowest BCUT2D eigenvalue weighted by Gasteiger charge is -2.13. The highest BCUT2D eigenvalue weighted by Crippen LogP contribution is 2.32. The van der Waals surface area contributed by atoms with Crippen LogP contribution in [-0.2, 0) is 13.0 Å². The Labute approximate surface area is 180 Å². The zero-order valence-electron chi connectivity index (χ0n) is 16.8. The van der Waals surface area contributed by atoms with Crippen molar-refractivity contribution in [1.29, 1.82) is 0 Å². The quantitative estimate of drug-likeness (QED) is 0.486. The molecule has 32 heavy (non-hydrogen) atoms. The summed E-state index contributed by atoms with van der Waals surface area (Å²) in [5, 5.41) is 11.3. The van der Waals surface area contributed by atoms with E-state index in [-0.39, 0.29) is 18.2 Å². The van der Waals surface area contributed by atoms with Gasteiger partial charge in [-0.1, -0.05) is 0 Å². The summed E-state index contributed by atoms with van der Waals surface area (Å²) in [6.07, 6.45) is 5.14. The van der Waals surface area contributed by atoms with Crippen LogP contribution in [0.5, 0.6) is 11.6 Å². The van der Waals surface area contributed by atoms with E-state index in [0.717, 1.165) is 5.56 Å². The van der Waals surface area contributed by atoms with Crippen LogP contribution < -0.4 is 14.8 Å². The fourth-order valence-corrected chi connectivity index (χ4v) is 3.78. The summed E-state index contributed by atoms with van der Waals surface area (Å²) in [6.45, 7) is -0.471. The van der Waals surface area contributed by atoms with Crippen molar-refractivity contribution in [2.75, 3.05) is 11.9 Å². The lowest BCUT2D eigenvalue weighted by atomic mass is 10.0. The minimum absolute atomic E-state index is 0.175. The van der Waals surface area contributed by atoms with Crippen LogP contribution >= 0.6 is 0 Å². The van der Waals surface area contributed by atoms with E-state index in [4.69, 9.17) is 4.74 Å². The maximum atomic E-state index is 14.4. The van der Waals surface area contributed by atoms with Gasteiger partial charge in [0.1, 0.15) is 17.9 Å². The van der Waals surface area contributed by atoms with E-state index in [2.05, 4.69) is 30.2 Å². The molecule has 1 aliphatic rings. The molecule has 0 fully saturated rings. The van der Waals surface area contributed by atoms with E-state index in [1.807, 2.05) is 0 Å². The van der Waals surface area contributed by atoms with Gasteiger partial charge in [0.2, 0.25) is 11.8 Å². The van der Waals surface area contributed by atoms with Crippen LogP contribution in [-0.4, -0.2) is 37.8 Å². The van der Waals surface area contributed by atoms with Crippen LogP contribution in [0, 0.1) is 12.7 Å². The molecule has 11 heteroatoms. The number of anilines is 1. The van der Waals surface area contributed by atoms with Crippen LogP contribution in [0.4, 0.5) is 19.1 Å². The Hall–Kier alpha value is -3.89. The summed E-state index contributed by atoms with van der Waals surface area (Å²) in [5.41, 5.74) is 3.78. The second-order valence-corrected chi connectivity index (χ2v) is 7.19. The lowest BCUT2D eigenvalue weighted by Crippen LogP contribution is -2.10. The van der Waals surface area contributed by atoms with Gasteiger partial charge < -0.3 is 14.8 Å². The average Bonchev–Trinajstić information content (AvgIpc) is 3.43. The molecule has 164 valence electrons. The molecule has 0 amide bonds. The van der Waals surface area contributed by atoms with E-state index in [1.165, 1.54) is 24.7 Å². The zero-order chi connectivity index (χ0) is 22.2. The summed E-state index contributed by atoms with van der Waals surface area (Å²) < 4.78 is 50.8. The molecule has 3 aromatic heterocycles. The van der Waals surface area contributed by atoms with Gasteiger partial charge in [0.25, 0.3) is 0 Å². The Kier molecular flexibility index (Phi) is 5.00. The molecular formula is C21H17F3N6O2. The number of aryl methyl sites for hydroxylation is 1. The second-order valence-electron chi connectivity index (χ2n) is 7.19. The van der Waals surface area contributed by atoms with Crippen molar-refractivity contribution in [3.63, 3.8) is 0 Å². The molecule has 1 aromatic carbocycles. The number of fused-ring (bicyclic) bond motifs is 2. The number of halogens is 3. The number of ether oxygens (including phenoxy) is 2. The van der Waals surface area contributed by atoms with Crippen molar-refractivity contribution < 1.29 is 22.6 Å². The summed E-state index contributed by atoms with van der Waals surface area (Å²) in [4.78, 5) is 8.38. The molecular weight excluding hydrogens is 425 g/mol. The molecule has 8 nitrogen and oxygen atoms in total. The predicted molar refractivity (Wildman–Crippen MR) is 108 cm³/mol. The van der Waals surface area contributed by atoms with E-state index in [1.54, 1.807) is 23.6 Å². The molecule has 0 saturated carbocycles. The minimum atomic E-state index is -2.95. The van der Waals surface area contributed by atoms with Crippen LogP contribution in [0.1, 0.15) is 16.7 Å². The third kappa shape index (κ3) is 3.55.